The maximum absolute atomic E-state index is 12.3. The van der Waals surface area contributed by atoms with Gasteiger partial charge in [-0.05, 0) is 29.4 Å². The summed E-state index contributed by atoms with van der Waals surface area (Å²) in [5.74, 6) is 0.672. The summed E-state index contributed by atoms with van der Waals surface area (Å²) < 4.78 is 0. The standard InChI is InChI=1S/C18H28N2O/c1-12(2)11-20-16(19-13(3)17(20)21)14-7-9-15(10-8-14)18(4,5)6/h7-10,12-13,16,19H,11H2,1-6H3. The topological polar surface area (TPSA) is 32.3 Å². The summed E-state index contributed by atoms with van der Waals surface area (Å²) in [4.78, 5) is 14.3. The lowest BCUT2D eigenvalue weighted by atomic mass is 9.86. The molecule has 3 nitrogen and oxygen atoms in total. The Morgan fingerprint density at radius 3 is 2.24 bits per heavy atom. The molecular formula is C18H28N2O. The van der Waals surface area contributed by atoms with E-state index in [1.165, 1.54) is 11.1 Å². The van der Waals surface area contributed by atoms with Gasteiger partial charge in [0.05, 0.1) is 6.04 Å². The Bertz CT molecular complexity index is 499. The Kier molecular flexibility index (Phi) is 4.43. The van der Waals surface area contributed by atoms with Crippen LogP contribution in [0.4, 0.5) is 0 Å². The largest absolute Gasteiger partial charge is 0.321 e. The number of amides is 1. The fourth-order valence-corrected chi connectivity index (χ4v) is 2.80. The molecule has 3 heteroatoms. The molecule has 0 saturated carbocycles. The van der Waals surface area contributed by atoms with Crippen molar-refractivity contribution in [2.45, 2.75) is 59.2 Å². The lowest BCUT2D eigenvalue weighted by molar-refractivity contribution is -0.130. The first kappa shape index (κ1) is 16.0. The molecule has 0 aromatic heterocycles. The number of carbonyl (C=O) groups excluding carboxylic acids is 1. The summed E-state index contributed by atoms with van der Waals surface area (Å²) in [5.41, 5.74) is 2.64. The molecule has 0 bridgehead atoms. The van der Waals surface area contributed by atoms with Gasteiger partial charge in [-0.25, -0.2) is 0 Å². The highest BCUT2D eigenvalue weighted by molar-refractivity contribution is 5.84. The van der Waals surface area contributed by atoms with E-state index in [4.69, 9.17) is 0 Å². The van der Waals surface area contributed by atoms with Gasteiger partial charge in [0.1, 0.15) is 6.17 Å². The summed E-state index contributed by atoms with van der Waals surface area (Å²) in [7, 11) is 0. The molecule has 0 spiro atoms. The predicted molar refractivity (Wildman–Crippen MR) is 87.0 cm³/mol. The minimum Gasteiger partial charge on any atom is -0.321 e. The van der Waals surface area contributed by atoms with Crippen LogP contribution in [0.25, 0.3) is 0 Å². The van der Waals surface area contributed by atoms with Gasteiger partial charge in [0.15, 0.2) is 0 Å². The SMILES string of the molecule is CC(C)CN1C(=O)C(C)NC1c1ccc(C(C)(C)C)cc1. The molecule has 1 aromatic rings. The van der Waals surface area contributed by atoms with Crippen LogP contribution in [0.3, 0.4) is 0 Å². The van der Waals surface area contributed by atoms with Crippen LogP contribution in [0.2, 0.25) is 0 Å². The zero-order valence-corrected chi connectivity index (χ0v) is 14.1. The predicted octanol–water partition coefficient (Wildman–Crippen LogP) is 3.46. The van der Waals surface area contributed by atoms with Gasteiger partial charge in [-0.1, -0.05) is 58.9 Å². The minimum atomic E-state index is -0.101. The number of carbonyl (C=O) groups is 1. The molecule has 0 aliphatic carbocycles. The third-order valence-electron chi connectivity index (χ3n) is 4.03. The summed E-state index contributed by atoms with van der Waals surface area (Å²) in [6, 6.07) is 8.56. The second-order valence-corrected chi connectivity index (χ2v) is 7.55. The van der Waals surface area contributed by atoms with Gasteiger partial charge in [-0.15, -0.1) is 0 Å². The zero-order chi connectivity index (χ0) is 15.8. The summed E-state index contributed by atoms with van der Waals surface area (Å²) in [6.07, 6.45) is 0.00363. The second kappa shape index (κ2) is 5.80. The maximum Gasteiger partial charge on any atom is 0.241 e. The van der Waals surface area contributed by atoms with Crippen LogP contribution in [-0.4, -0.2) is 23.4 Å². The van der Waals surface area contributed by atoms with Crippen LogP contribution in [0, 0.1) is 5.92 Å². The highest BCUT2D eigenvalue weighted by Crippen LogP contribution is 2.29. The van der Waals surface area contributed by atoms with Crippen molar-refractivity contribution in [3.05, 3.63) is 35.4 Å². The van der Waals surface area contributed by atoms with Crippen molar-refractivity contribution >= 4 is 5.91 Å². The van der Waals surface area contributed by atoms with Crippen molar-refractivity contribution in [3.8, 4) is 0 Å². The van der Waals surface area contributed by atoms with E-state index in [1.807, 2.05) is 11.8 Å². The molecule has 1 aliphatic rings. The van der Waals surface area contributed by atoms with Gasteiger partial charge in [-0.3, -0.25) is 10.1 Å². The molecule has 1 fully saturated rings. The average Bonchev–Trinajstić information content (AvgIpc) is 2.66. The van der Waals surface area contributed by atoms with E-state index in [9.17, 15) is 4.79 Å². The first-order valence-electron chi connectivity index (χ1n) is 7.87. The highest BCUT2D eigenvalue weighted by atomic mass is 16.2. The zero-order valence-electron chi connectivity index (χ0n) is 14.1. The van der Waals surface area contributed by atoms with E-state index in [0.29, 0.717) is 5.92 Å². The number of nitrogens with one attached hydrogen (secondary N) is 1. The van der Waals surface area contributed by atoms with Crippen molar-refractivity contribution in [1.29, 1.82) is 0 Å². The summed E-state index contributed by atoms with van der Waals surface area (Å²) >= 11 is 0. The summed E-state index contributed by atoms with van der Waals surface area (Å²) in [6.45, 7) is 13.7. The molecule has 2 atom stereocenters. The minimum absolute atomic E-state index is 0.00363. The Morgan fingerprint density at radius 2 is 1.76 bits per heavy atom. The van der Waals surface area contributed by atoms with Crippen molar-refractivity contribution < 1.29 is 4.79 Å². The lowest BCUT2D eigenvalue weighted by Gasteiger charge is -2.27. The maximum atomic E-state index is 12.3. The number of hydrogen-bond acceptors (Lipinski definition) is 2. The van der Waals surface area contributed by atoms with E-state index in [-0.39, 0.29) is 23.5 Å². The third-order valence-corrected chi connectivity index (χ3v) is 4.03. The fourth-order valence-electron chi connectivity index (χ4n) is 2.80. The van der Waals surface area contributed by atoms with E-state index < -0.39 is 0 Å². The Labute approximate surface area is 128 Å². The van der Waals surface area contributed by atoms with Crippen molar-refractivity contribution in [2.24, 2.45) is 5.92 Å². The molecular weight excluding hydrogens is 260 g/mol. The van der Waals surface area contributed by atoms with E-state index in [2.05, 4.69) is 64.2 Å². The molecule has 1 aromatic carbocycles. The van der Waals surface area contributed by atoms with Crippen LogP contribution in [0.1, 0.15) is 58.8 Å². The molecule has 2 rings (SSSR count). The van der Waals surface area contributed by atoms with Crippen LogP contribution in [-0.2, 0) is 10.2 Å². The molecule has 1 heterocycles. The van der Waals surface area contributed by atoms with Crippen LogP contribution in [0.15, 0.2) is 24.3 Å². The van der Waals surface area contributed by atoms with Crippen molar-refractivity contribution in [2.75, 3.05) is 6.54 Å². The van der Waals surface area contributed by atoms with Gasteiger partial charge >= 0.3 is 0 Å². The molecule has 116 valence electrons. The molecule has 2 unspecified atom stereocenters. The van der Waals surface area contributed by atoms with Gasteiger partial charge < -0.3 is 4.90 Å². The van der Waals surface area contributed by atoms with Crippen molar-refractivity contribution in [1.82, 2.24) is 10.2 Å². The quantitative estimate of drug-likeness (QED) is 0.924. The van der Waals surface area contributed by atoms with Gasteiger partial charge in [0.2, 0.25) is 5.91 Å². The summed E-state index contributed by atoms with van der Waals surface area (Å²) in [5, 5.41) is 3.41. The molecule has 1 N–H and O–H groups in total. The Hall–Kier alpha value is -1.35. The van der Waals surface area contributed by atoms with Crippen molar-refractivity contribution in [3.63, 3.8) is 0 Å². The normalized spacial score (nSPS) is 23.2. The average molecular weight is 288 g/mol. The smallest absolute Gasteiger partial charge is 0.241 e. The number of benzene rings is 1. The molecule has 1 saturated heterocycles. The number of rotatable bonds is 3. The van der Waals surface area contributed by atoms with E-state index in [0.717, 1.165) is 6.54 Å². The van der Waals surface area contributed by atoms with E-state index in [1.54, 1.807) is 0 Å². The van der Waals surface area contributed by atoms with Crippen LogP contribution < -0.4 is 5.32 Å². The van der Waals surface area contributed by atoms with E-state index >= 15 is 0 Å². The van der Waals surface area contributed by atoms with Gasteiger partial charge in [0, 0.05) is 6.54 Å². The lowest BCUT2D eigenvalue weighted by Crippen LogP contribution is -2.33. The Balaban J connectivity index is 2.25. The fraction of sp³-hybridized carbons (Fsp3) is 0.611. The van der Waals surface area contributed by atoms with Crippen LogP contribution in [0.5, 0.6) is 0 Å². The molecule has 21 heavy (non-hydrogen) atoms. The first-order valence-corrected chi connectivity index (χ1v) is 7.87. The monoisotopic (exact) mass is 288 g/mol. The highest BCUT2D eigenvalue weighted by Gasteiger charge is 2.37. The first-order chi connectivity index (χ1) is 9.70. The van der Waals surface area contributed by atoms with Crippen LogP contribution >= 0.6 is 0 Å². The molecule has 0 radical (unpaired) electrons. The second-order valence-electron chi connectivity index (χ2n) is 7.55. The number of nitrogens with zero attached hydrogens (tertiary/aromatic N) is 1. The number of hydrogen-bond donors (Lipinski definition) is 1. The third kappa shape index (κ3) is 3.46. The van der Waals surface area contributed by atoms with Gasteiger partial charge in [-0.2, -0.15) is 0 Å². The Morgan fingerprint density at radius 1 is 1.19 bits per heavy atom. The molecule has 1 aliphatic heterocycles. The molecule has 1 amide bonds. The van der Waals surface area contributed by atoms with Gasteiger partial charge in [0.25, 0.3) is 0 Å².